The van der Waals surface area contributed by atoms with Crippen LogP contribution < -0.4 is 9.64 Å². The Hall–Kier alpha value is -3.56. The predicted molar refractivity (Wildman–Crippen MR) is 152 cm³/mol. The van der Waals surface area contributed by atoms with E-state index in [1.807, 2.05) is 19.0 Å². The maximum absolute atomic E-state index is 16.5. The average Bonchev–Trinajstić information content (AvgIpc) is 3.65. The van der Waals surface area contributed by atoms with Gasteiger partial charge in [0.05, 0.1) is 17.8 Å². The molecule has 2 aliphatic rings. The van der Waals surface area contributed by atoms with Gasteiger partial charge in [0, 0.05) is 30.4 Å². The van der Waals surface area contributed by atoms with Crippen molar-refractivity contribution in [1.29, 1.82) is 0 Å². The monoisotopic (exact) mass is 548 g/mol. The third-order valence-electron chi connectivity index (χ3n) is 8.05. The topological polar surface area (TPSA) is 82.0 Å². The highest BCUT2D eigenvalue weighted by atomic mass is 19.1. The fourth-order valence-electron chi connectivity index (χ4n) is 6.03. The molecule has 0 bridgehead atoms. The highest BCUT2D eigenvalue weighted by Gasteiger charge is 2.44. The molecule has 6 rings (SSSR count). The summed E-state index contributed by atoms with van der Waals surface area (Å²) in [5.41, 5.74) is -1.06. The number of β-amino-alcohol motifs (C(OH)–C–C–N with tert-alkyl or cyclic N) is 1. The van der Waals surface area contributed by atoms with Gasteiger partial charge in [0.25, 0.3) is 0 Å². The number of aromatic hydroxyl groups is 1. The number of benzene rings is 3. The number of hydrogen-bond acceptors (Lipinski definition) is 7. The standard InChI is InChI=1S/C31H34F2N4O3/c1-30(39)9-6-12-37(16-30)28-23-15-24(32)25(22-14-20(38)13-19-7-4-5-8-21(19)22)26(33)27(23)34-29(35-28)40-18-31(10-11-31)17-36(2)3/h4-5,7-8,13-15,38-39H,6,9-12,16-18H2,1-3H3. The van der Waals surface area contributed by atoms with Crippen LogP contribution in [0.15, 0.2) is 42.5 Å². The van der Waals surface area contributed by atoms with Crippen LogP contribution in [0.4, 0.5) is 14.6 Å². The van der Waals surface area contributed by atoms with Gasteiger partial charge in [0.1, 0.15) is 22.9 Å². The third kappa shape index (κ3) is 5.04. The number of nitrogens with zero attached hydrogens (tertiary/aromatic N) is 4. The van der Waals surface area contributed by atoms with E-state index in [1.165, 1.54) is 12.1 Å². The Bertz CT molecular complexity index is 1600. The van der Waals surface area contributed by atoms with Gasteiger partial charge in [-0.3, -0.25) is 0 Å². The number of aliphatic hydroxyl groups is 1. The van der Waals surface area contributed by atoms with Crippen molar-refractivity contribution in [3.63, 3.8) is 0 Å². The van der Waals surface area contributed by atoms with Gasteiger partial charge in [-0.2, -0.15) is 9.97 Å². The molecule has 40 heavy (non-hydrogen) atoms. The third-order valence-corrected chi connectivity index (χ3v) is 8.05. The van der Waals surface area contributed by atoms with Crippen LogP contribution in [-0.2, 0) is 0 Å². The summed E-state index contributed by atoms with van der Waals surface area (Å²) >= 11 is 0. The van der Waals surface area contributed by atoms with Gasteiger partial charge in [-0.05, 0) is 81.2 Å². The van der Waals surface area contributed by atoms with E-state index in [4.69, 9.17) is 4.74 Å². The zero-order chi connectivity index (χ0) is 28.2. The summed E-state index contributed by atoms with van der Waals surface area (Å²) in [5.74, 6) is -1.39. The van der Waals surface area contributed by atoms with Crippen molar-refractivity contribution in [2.24, 2.45) is 5.41 Å². The number of ether oxygens (including phenoxy) is 1. The number of phenolic OH excluding ortho intramolecular Hbond substituents is 1. The van der Waals surface area contributed by atoms with Gasteiger partial charge < -0.3 is 24.7 Å². The van der Waals surface area contributed by atoms with Gasteiger partial charge in [0.15, 0.2) is 5.82 Å². The Balaban J connectivity index is 1.51. The maximum Gasteiger partial charge on any atom is 0.319 e. The highest BCUT2D eigenvalue weighted by molar-refractivity contribution is 6.01. The van der Waals surface area contributed by atoms with E-state index in [-0.39, 0.29) is 45.7 Å². The zero-order valence-corrected chi connectivity index (χ0v) is 23.0. The van der Waals surface area contributed by atoms with Crippen LogP contribution in [0.25, 0.3) is 32.8 Å². The zero-order valence-electron chi connectivity index (χ0n) is 23.0. The van der Waals surface area contributed by atoms with Crippen molar-refractivity contribution in [2.45, 2.75) is 38.2 Å². The van der Waals surface area contributed by atoms with Crippen molar-refractivity contribution < 1.29 is 23.7 Å². The second-order valence-electron chi connectivity index (χ2n) is 12.0. The van der Waals surface area contributed by atoms with E-state index in [1.54, 1.807) is 37.3 Å². The average molecular weight is 549 g/mol. The van der Waals surface area contributed by atoms with Crippen LogP contribution >= 0.6 is 0 Å². The quantitative estimate of drug-likeness (QED) is 0.315. The van der Waals surface area contributed by atoms with E-state index in [0.717, 1.165) is 19.4 Å². The van der Waals surface area contributed by atoms with E-state index in [9.17, 15) is 10.2 Å². The molecule has 9 heteroatoms. The molecular weight excluding hydrogens is 514 g/mol. The fourth-order valence-corrected chi connectivity index (χ4v) is 6.03. The molecule has 3 aromatic carbocycles. The molecule has 7 nitrogen and oxygen atoms in total. The minimum atomic E-state index is -0.960. The van der Waals surface area contributed by atoms with E-state index >= 15 is 8.78 Å². The van der Waals surface area contributed by atoms with Crippen molar-refractivity contribution >= 4 is 27.5 Å². The number of fused-ring (bicyclic) bond motifs is 2. The lowest BCUT2D eigenvalue weighted by Gasteiger charge is -2.38. The molecule has 2 fully saturated rings. The number of aromatic nitrogens is 2. The number of phenols is 1. The SMILES string of the molecule is CN(C)CC1(COc2nc(N3CCCC(C)(O)C3)c3cc(F)c(-c4cc(O)cc5ccccc45)c(F)c3n2)CC1. The summed E-state index contributed by atoms with van der Waals surface area (Å²) in [5, 5.41) is 22.6. The summed E-state index contributed by atoms with van der Waals surface area (Å²) in [7, 11) is 4.03. The Morgan fingerprint density at radius 1 is 1.05 bits per heavy atom. The number of hydrogen-bond donors (Lipinski definition) is 2. The molecule has 0 radical (unpaired) electrons. The first kappa shape index (κ1) is 26.7. The Morgan fingerprint density at radius 2 is 1.82 bits per heavy atom. The van der Waals surface area contributed by atoms with E-state index in [0.29, 0.717) is 42.6 Å². The Kier molecular flexibility index (Phi) is 6.54. The lowest BCUT2D eigenvalue weighted by atomic mass is 9.94. The van der Waals surface area contributed by atoms with Gasteiger partial charge in [0.2, 0.25) is 0 Å². The number of piperidine rings is 1. The summed E-state index contributed by atoms with van der Waals surface area (Å²) in [6.07, 6.45) is 3.38. The van der Waals surface area contributed by atoms with Crippen molar-refractivity contribution in [1.82, 2.24) is 14.9 Å². The van der Waals surface area contributed by atoms with Gasteiger partial charge in [-0.15, -0.1) is 0 Å². The molecule has 1 atom stereocenters. The second-order valence-corrected chi connectivity index (χ2v) is 12.0. The highest BCUT2D eigenvalue weighted by Crippen LogP contribution is 2.46. The minimum absolute atomic E-state index is 0.00373. The molecule has 0 amide bonds. The molecule has 1 unspecified atom stereocenters. The van der Waals surface area contributed by atoms with Gasteiger partial charge >= 0.3 is 6.01 Å². The van der Waals surface area contributed by atoms with Crippen LogP contribution in [0, 0.1) is 17.0 Å². The van der Waals surface area contributed by atoms with Crippen LogP contribution in [0.3, 0.4) is 0 Å². The number of anilines is 1. The summed E-state index contributed by atoms with van der Waals surface area (Å²) in [6.45, 7) is 3.85. The number of halogens is 2. The van der Waals surface area contributed by atoms with Crippen molar-refractivity contribution in [2.75, 3.05) is 45.2 Å². The first-order valence-electron chi connectivity index (χ1n) is 13.7. The Morgan fingerprint density at radius 3 is 2.55 bits per heavy atom. The largest absolute Gasteiger partial charge is 0.508 e. The summed E-state index contributed by atoms with van der Waals surface area (Å²) in [6, 6.07) is 11.3. The molecule has 1 aromatic heterocycles. The predicted octanol–water partition coefficient (Wildman–Crippen LogP) is 5.51. The molecule has 2 heterocycles. The van der Waals surface area contributed by atoms with Crippen LogP contribution in [0.5, 0.6) is 11.8 Å². The summed E-state index contributed by atoms with van der Waals surface area (Å²) < 4.78 is 38.5. The molecule has 210 valence electrons. The second kappa shape index (κ2) is 9.82. The van der Waals surface area contributed by atoms with Crippen LogP contribution in [0.1, 0.15) is 32.6 Å². The fraction of sp³-hybridized carbons (Fsp3) is 0.419. The molecule has 1 saturated heterocycles. The molecule has 1 aliphatic heterocycles. The normalized spacial score (nSPS) is 20.4. The lowest BCUT2D eigenvalue weighted by Crippen LogP contribution is -2.46. The lowest BCUT2D eigenvalue weighted by molar-refractivity contribution is 0.0447. The molecular formula is C31H34F2N4O3. The van der Waals surface area contributed by atoms with E-state index < -0.39 is 17.2 Å². The van der Waals surface area contributed by atoms with Crippen molar-refractivity contribution in [3.05, 3.63) is 54.1 Å². The molecule has 1 aliphatic carbocycles. The first-order chi connectivity index (χ1) is 19.0. The smallest absolute Gasteiger partial charge is 0.319 e. The molecule has 0 spiro atoms. The van der Waals surface area contributed by atoms with Crippen LogP contribution in [0.2, 0.25) is 0 Å². The summed E-state index contributed by atoms with van der Waals surface area (Å²) in [4.78, 5) is 13.1. The maximum atomic E-state index is 16.5. The molecule has 1 saturated carbocycles. The first-order valence-corrected chi connectivity index (χ1v) is 13.7. The molecule has 2 N–H and O–H groups in total. The van der Waals surface area contributed by atoms with Crippen LogP contribution in [-0.4, -0.2) is 71.0 Å². The number of rotatable bonds is 7. The van der Waals surface area contributed by atoms with Gasteiger partial charge in [-0.25, -0.2) is 8.78 Å². The van der Waals surface area contributed by atoms with Crippen molar-refractivity contribution in [3.8, 4) is 22.9 Å². The molecule has 4 aromatic rings. The Labute approximate surface area is 232 Å². The minimum Gasteiger partial charge on any atom is -0.508 e. The van der Waals surface area contributed by atoms with E-state index in [2.05, 4.69) is 14.9 Å². The van der Waals surface area contributed by atoms with Gasteiger partial charge in [-0.1, -0.05) is 24.3 Å².